The number of carboxylic acid groups (broad SMARTS) is 1. The summed E-state index contributed by atoms with van der Waals surface area (Å²) < 4.78 is 5.05. The number of anilines is 1. The Kier molecular flexibility index (Phi) is 1.36. The molecular formula is C7H6N2O3. The summed E-state index contributed by atoms with van der Waals surface area (Å²) in [4.78, 5) is 15.5. The van der Waals surface area contributed by atoms with E-state index in [1.165, 1.54) is 12.4 Å². The summed E-state index contributed by atoms with van der Waals surface area (Å²) in [6.07, 6.45) is 2.02. The lowest BCUT2D eigenvalue weighted by Crippen LogP contribution is -2.27. The lowest BCUT2D eigenvalue weighted by atomic mass is 10.4. The summed E-state index contributed by atoms with van der Waals surface area (Å²) >= 11 is 0. The second-order valence-electron chi connectivity index (χ2n) is 2.33. The van der Waals surface area contributed by atoms with Crippen molar-refractivity contribution in [1.29, 1.82) is 0 Å². The topological polar surface area (TPSA) is 62.7 Å². The number of fused-ring (bicyclic) bond motifs is 1. The number of rotatable bonds is 0. The number of amides is 1. The van der Waals surface area contributed by atoms with Gasteiger partial charge in [-0.15, -0.1) is 0 Å². The van der Waals surface area contributed by atoms with Gasteiger partial charge in [-0.05, 0) is 6.07 Å². The van der Waals surface area contributed by atoms with Gasteiger partial charge in [0.15, 0.2) is 12.5 Å². The number of hydrogen-bond donors (Lipinski definition) is 1. The highest BCUT2D eigenvalue weighted by Gasteiger charge is 2.25. The molecule has 12 heavy (non-hydrogen) atoms. The smallest absolute Gasteiger partial charge is 0.414 e. The molecule has 5 heteroatoms. The average molecular weight is 166 g/mol. The van der Waals surface area contributed by atoms with Gasteiger partial charge in [0.2, 0.25) is 0 Å². The zero-order valence-electron chi connectivity index (χ0n) is 6.10. The van der Waals surface area contributed by atoms with Crippen molar-refractivity contribution in [3.63, 3.8) is 0 Å². The molecule has 1 aromatic heterocycles. The van der Waals surface area contributed by atoms with E-state index in [1.807, 2.05) is 0 Å². The molecular weight excluding hydrogens is 160 g/mol. The maximum absolute atomic E-state index is 10.6. The first-order chi connectivity index (χ1) is 5.79. The summed E-state index contributed by atoms with van der Waals surface area (Å²) in [7, 11) is 0. The monoisotopic (exact) mass is 166 g/mol. The van der Waals surface area contributed by atoms with Crippen LogP contribution in [0, 0.1) is 0 Å². The van der Waals surface area contributed by atoms with Crippen molar-refractivity contribution in [2.75, 3.05) is 11.6 Å². The minimum atomic E-state index is -1.01. The lowest BCUT2D eigenvalue weighted by Gasteiger charge is -2.07. The van der Waals surface area contributed by atoms with Crippen LogP contribution in [0.5, 0.6) is 5.75 Å². The maximum atomic E-state index is 10.6. The predicted octanol–water partition coefficient (Wildman–Crippen LogP) is 0.916. The number of aromatic nitrogens is 1. The third kappa shape index (κ3) is 0.868. The van der Waals surface area contributed by atoms with E-state index < -0.39 is 6.09 Å². The van der Waals surface area contributed by atoms with Gasteiger partial charge < -0.3 is 9.84 Å². The number of carbonyl (C=O) groups is 1. The summed E-state index contributed by atoms with van der Waals surface area (Å²) in [5.41, 5.74) is 0.553. The van der Waals surface area contributed by atoms with Gasteiger partial charge in [-0.3, -0.25) is 4.98 Å². The molecule has 0 saturated carbocycles. The van der Waals surface area contributed by atoms with Crippen LogP contribution in [0.2, 0.25) is 0 Å². The Hall–Kier alpha value is -1.78. The van der Waals surface area contributed by atoms with Crippen LogP contribution in [0.3, 0.4) is 0 Å². The van der Waals surface area contributed by atoms with Gasteiger partial charge in [0.1, 0.15) is 0 Å². The second-order valence-corrected chi connectivity index (χ2v) is 2.33. The zero-order chi connectivity index (χ0) is 8.55. The molecule has 1 N–H and O–H groups in total. The van der Waals surface area contributed by atoms with Gasteiger partial charge in [-0.25, -0.2) is 9.69 Å². The number of hydrogen-bond acceptors (Lipinski definition) is 3. The molecule has 1 aliphatic rings. The normalized spacial score (nSPS) is 13.8. The van der Waals surface area contributed by atoms with Crippen LogP contribution < -0.4 is 9.64 Å². The summed E-state index contributed by atoms with van der Waals surface area (Å²) in [5, 5.41) is 8.69. The first-order valence-electron chi connectivity index (χ1n) is 3.36. The van der Waals surface area contributed by atoms with E-state index in [0.717, 1.165) is 4.90 Å². The molecule has 1 aliphatic heterocycles. The van der Waals surface area contributed by atoms with Gasteiger partial charge in [0.05, 0.1) is 11.9 Å². The molecule has 0 unspecified atom stereocenters. The fourth-order valence-electron chi connectivity index (χ4n) is 1.07. The molecule has 0 fully saturated rings. The minimum absolute atomic E-state index is 0.0519. The van der Waals surface area contributed by atoms with E-state index in [2.05, 4.69) is 4.98 Å². The third-order valence-electron chi connectivity index (χ3n) is 1.63. The summed E-state index contributed by atoms with van der Waals surface area (Å²) in [5.74, 6) is 0.514. The lowest BCUT2D eigenvalue weighted by molar-refractivity contribution is 0.197. The van der Waals surface area contributed by atoms with E-state index >= 15 is 0 Å². The molecule has 62 valence electrons. The van der Waals surface area contributed by atoms with Crippen molar-refractivity contribution in [1.82, 2.24) is 4.98 Å². The van der Waals surface area contributed by atoms with Crippen molar-refractivity contribution < 1.29 is 14.6 Å². The number of nitrogens with zero attached hydrogens (tertiary/aromatic N) is 2. The Morgan fingerprint density at radius 1 is 1.75 bits per heavy atom. The molecule has 5 nitrogen and oxygen atoms in total. The van der Waals surface area contributed by atoms with E-state index in [9.17, 15) is 4.79 Å². The first-order valence-corrected chi connectivity index (χ1v) is 3.36. The van der Waals surface area contributed by atoms with Crippen LogP contribution in [0.25, 0.3) is 0 Å². The molecule has 0 spiro atoms. The fourth-order valence-corrected chi connectivity index (χ4v) is 1.07. The predicted molar refractivity (Wildman–Crippen MR) is 40.2 cm³/mol. The van der Waals surface area contributed by atoms with Crippen LogP contribution in [0.15, 0.2) is 18.5 Å². The van der Waals surface area contributed by atoms with Gasteiger partial charge in [0, 0.05) is 6.20 Å². The first kappa shape index (κ1) is 6.90. The Morgan fingerprint density at radius 2 is 2.58 bits per heavy atom. The van der Waals surface area contributed by atoms with Crippen LogP contribution >= 0.6 is 0 Å². The Morgan fingerprint density at radius 3 is 3.33 bits per heavy atom. The largest absolute Gasteiger partial charge is 0.469 e. The van der Waals surface area contributed by atoms with Crippen molar-refractivity contribution in [2.24, 2.45) is 0 Å². The fraction of sp³-hybridized carbons (Fsp3) is 0.143. The molecule has 0 bridgehead atoms. The highest BCUT2D eigenvalue weighted by atomic mass is 16.5. The van der Waals surface area contributed by atoms with Crippen molar-refractivity contribution >= 4 is 11.8 Å². The third-order valence-corrected chi connectivity index (χ3v) is 1.63. The Bertz CT molecular complexity index is 326. The SMILES string of the molecule is O=C(O)N1COc2cnccc21. The molecule has 2 heterocycles. The van der Waals surface area contributed by atoms with Gasteiger partial charge in [-0.1, -0.05) is 0 Å². The van der Waals surface area contributed by atoms with Gasteiger partial charge >= 0.3 is 6.09 Å². The number of ether oxygens (including phenoxy) is 1. The highest BCUT2D eigenvalue weighted by molar-refractivity contribution is 5.89. The van der Waals surface area contributed by atoms with Crippen molar-refractivity contribution in [2.45, 2.75) is 0 Å². The second kappa shape index (κ2) is 2.37. The minimum Gasteiger partial charge on any atom is -0.469 e. The summed E-state index contributed by atoms with van der Waals surface area (Å²) in [6, 6.07) is 1.61. The highest BCUT2D eigenvalue weighted by Crippen LogP contribution is 2.31. The standard InChI is InChI=1S/C7H6N2O3/c10-7(11)9-4-12-6-3-8-2-1-5(6)9/h1-3H,4H2,(H,10,11). The van der Waals surface area contributed by atoms with E-state index in [0.29, 0.717) is 11.4 Å². The molecule has 0 aliphatic carbocycles. The van der Waals surface area contributed by atoms with Crippen molar-refractivity contribution in [3.8, 4) is 5.75 Å². The quantitative estimate of drug-likeness (QED) is 0.622. The molecule has 0 saturated heterocycles. The molecule has 0 radical (unpaired) electrons. The van der Waals surface area contributed by atoms with Gasteiger partial charge in [-0.2, -0.15) is 0 Å². The summed E-state index contributed by atoms with van der Waals surface area (Å²) in [6.45, 7) is 0.0519. The molecule has 0 aromatic carbocycles. The van der Waals surface area contributed by atoms with Gasteiger partial charge in [0.25, 0.3) is 0 Å². The molecule has 0 atom stereocenters. The molecule has 1 aromatic rings. The van der Waals surface area contributed by atoms with Crippen LogP contribution in [0.4, 0.5) is 10.5 Å². The molecule has 1 amide bonds. The van der Waals surface area contributed by atoms with E-state index in [1.54, 1.807) is 6.07 Å². The maximum Gasteiger partial charge on any atom is 0.414 e. The average Bonchev–Trinajstić information content (AvgIpc) is 2.47. The van der Waals surface area contributed by atoms with E-state index in [4.69, 9.17) is 9.84 Å². The molecule has 2 rings (SSSR count). The van der Waals surface area contributed by atoms with Crippen LogP contribution in [0.1, 0.15) is 0 Å². The zero-order valence-corrected chi connectivity index (χ0v) is 6.10. The van der Waals surface area contributed by atoms with E-state index in [-0.39, 0.29) is 6.73 Å². The van der Waals surface area contributed by atoms with Crippen LogP contribution in [-0.4, -0.2) is 22.9 Å². The Balaban J connectivity index is 2.42. The number of pyridine rings is 1. The Labute approximate surface area is 68.2 Å². The van der Waals surface area contributed by atoms with Crippen molar-refractivity contribution in [3.05, 3.63) is 18.5 Å². The van der Waals surface area contributed by atoms with Crippen LogP contribution in [-0.2, 0) is 0 Å².